The van der Waals surface area contributed by atoms with Crippen LogP contribution < -0.4 is 4.87 Å². The van der Waals surface area contributed by atoms with E-state index in [2.05, 4.69) is 0 Å². The van der Waals surface area contributed by atoms with Crippen molar-refractivity contribution in [2.24, 2.45) is 0 Å². The van der Waals surface area contributed by atoms with Gasteiger partial charge in [0.15, 0.2) is 0 Å². The second kappa shape index (κ2) is 6.52. The van der Waals surface area contributed by atoms with E-state index in [9.17, 15) is 9.59 Å². The third kappa shape index (κ3) is 3.44. The van der Waals surface area contributed by atoms with Crippen LogP contribution in [0.4, 0.5) is 0 Å². The molecular formula is C14H17NO3S. The maximum absolute atomic E-state index is 11.8. The molecule has 2 rings (SSSR count). The van der Waals surface area contributed by atoms with Gasteiger partial charge in [-0.2, -0.15) is 0 Å². The molecule has 5 heteroatoms. The molecule has 1 aromatic heterocycles. The lowest BCUT2D eigenvalue weighted by Crippen LogP contribution is -2.18. The summed E-state index contributed by atoms with van der Waals surface area (Å²) in [5.74, 6) is -0.186. The molecule has 0 bridgehead atoms. The molecule has 1 aromatic carbocycles. The van der Waals surface area contributed by atoms with Gasteiger partial charge in [0, 0.05) is 6.42 Å². The lowest BCUT2D eigenvalue weighted by atomic mass is 10.2. The third-order valence-corrected chi connectivity index (χ3v) is 3.85. The molecule has 1 heterocycles. The summed E-state index contributed by atoms with van der Waals surface area (Å²) in [7, 11) is 0. The minimum atomic E-state index is -0.186. The number of unbranched alkanes of at least 4 members (excludes halogenated alkanes) is 1. The molecule has 0 unspecified atom stereocenters. The molecule has 19 heavy (non-hydrogen) atoms. The van der Waals surface area contributed by atoms with E-state index < -0.39 is 0 Å². The zero-order valence-electron chi connectivity index (χ0n) is 10.9. The highest BCUT2D eigenvalue weighted by Gasteiger charge is 2.07. The van der Waals surface area contributed by atoms with E-state index in [1.54, 1.807) is 4.57 Å². The predicted molar refractivity (Wildman–Crippen MR) is 76.6 cm³/mol. The number of hydrogen-bond donors (Lipinski definition) is 0. The number of fused-ring (bicyclic) bond motifs is 1. The summed E-state index contributed by atoms with van der Waals surface area (Å²) in [5, 5.41) is 0. The van der Waals surface area contributed by atoms with E-state index in [4.69, 9.17) is 4.74 Å². The fourth-order valence-electron chi connectivity index (χ4n) is 1.87. The van der Waals surface area contributed by atoms with Crippen LogP contribution in [0.2, 0.25) is 0 Å². The Morgan fingerprint density at radius 3 is 2.95 bits per heavy atom. The van der Waals surface area contributed by atoms with Gasteiger partial charge in [-0.25, -0.2) is 0 Å². The Morgan fingerprint density at radius 2 is 2.16 bits per heavy atom. The first kappa shape index (κ1) is 13.8. The third-order valence-electron chi connectivity index (χ3n) is 2.89. The normalized spacial score (nSPS) is 10.8. The fraction of sp³-hybridized carbons (Fsp3) is 0.429. The zero-order valence-corrected chi connectivity index (χ0v) is 11.7. The van der Waals surface area contributed by atoms with Crippen LogP contribution in [0.15, 0.2) is 29.1 Å². The van der Waals surface area contributed by atoms with Crippen LogP contribution >= 0.6 is 11.3 Å². The van der Waals surface area contributed by atoms with Gasteiger partial charge in [-0.05, 0) is 18.6 Å². The van der Waals surface area contributed by atoms with Crippen molar-refractivity contribution in [1.82, 2.24) is 4.57 Å². The molecule has 102 valence electrons. The highest BCUT2D eigenvalue weighted by atomic mass is 32.1. The van der Waals surface area contributed by atoms with E-state index in [-0.39, 0.29) is 17.4 Å². The van der Waals surface area contributed by atoms with E-state index in [1.807, 2.05) is 31.2 Å². The number of carbonyl (C=O) groups excluding carboxylic acids is 1. The van der Waals surface area contributed by atoms with E-state index in [0.29, 0.717) is 13.0 Å². The largest absolute Gasteiger partial charge is 0.464 e. The Balaban J connectivity index is 1.97. The lowest BCUT2D eigenvalue weighted by molar-refractivity contribution is -0.144. The van der Waals surface area contributed by atoms with Crippen LogP contribution in [-0.4, -0.2) is 17.1 Å². The molecule has 0 spiro atoms. The van der Waals surface area contributed by atoms with Crippen molar-refractivity contribution in [3.8, 4) is 0 Å². The van der Waals surface area contributed by atoms with Gasteiger partial charge in [-0.1, -0.05) is 36.8 Å². The van der Waals surface area contributed by atoms with Crippen LogP contribution in [0.25, 0.3) is 10.2 Å². The van der Waals surface area contributed by atoms with E-state index in [0.717, 1.165) is 23.1 Å². The molecule has 2 aromatic rings. The van der Waals surface area contributed by atoms with Crippen LogP contribution in [0.3, 0.4) is 0 Å². The molecular weight excluding hydrogens is 262 g/mol. The number of hydrogen-bond acceptors (Lipinski definition) is 4. The SMILES string of the molecule is CCCCC(=O)OCCn1c(=O)sc2ccccc21. The minimum Gasteiger partial charge on any atom is -0.464 e. The van der Waals surface area contributed by atoms with Crippen molar-refractivity contribution in [2.75, 3.05) is 6.61 Å². The van der Waals surface area contributed by atoms with Gasteiger partial charge in [0.1, 0.15) is 6.61 Å². The Labute approximate surface area is 115 Å². The highest BCUT2D eigenvalue weighted by molar-refractivity contribution is 7.16. The van der Waals surface area contributed by atoms with E-state index in [1.165, 1.54) is 11.3 Å². The van der Waals surface area contributed by atoms with Gasteiger partial charge in [-0.3, -0.25) is 14.2 Å². The van der Waals surface area contributed by atoms with Gasteiger partial charge in [0.2, 0.25) is 0 Å². The summed E-state index contributed by atoms with van der Waals surface area (Å²) in [6, 6.07) is 7.64. The van der Waals surface area contributed by atoms with Crippen molar-refractivity contribution < 1.29 is 9.53 Å². The zero-order chi connectivity index (χ0) is 13.7. The summed E-state index contributed by atoms with van der Waals surface area (Å²) < 4.78 is 7.75. The van der Waals surface area contributed by atoms with Crippen molar-refractivity contribution in [1.29, 1.82) is 0 Å². The number of aromatic nitrogens is 1. The number of esters is 1. The number of para-hydroxylation sites is 1. The average molecular weight is 279 g/mol. The first-order valence-corrected chi connectivity index (χ1v) is 7.28. The number of benzene rings is 1. The molecule has 0 fully saturated rings. The molecule has 0 radical (unpaired) electrons. The quantitative estimate of drug-likeness (QED) is 0.764. The molecule has 0 aliphatic rings. The van der Waals surface area contributed by atoms with E-state index >= 15 is 0 Å². The molecule has 0 amide bonds. The van der Waals surface area contributed by atoms with Crippen LogP contribution in [0, 0.1) is 0 Å². The summed E-state index contributed by atoms with van der Waals surface area (Å²) >= 11 is 1.22. The Kier molecular flexibility index (Phi) is 4.74. The monoisotopic (exact) mass is 279 g/mol. The maximum Gasteiger partial charge on any atom is 0.308 e. The Bertz CT molecular complexity index is 614. The number of nitrogens with zero attached hydrogens (tertiary/aromatic N) is 1. The highest BCUT2D eigenvalue weighted by Crippen LogP contribution is 2.16. The first-order valence-electron chi connectivity index (χ1n) is 6.46. The molecule has 0 N–H and O–H groups in total. The number of carbonyl (C=O) groups is 1. The standard InChI is InChI=1S/C14H17NO3S/c1-2-3-8-13(16)18-10-9-15-11-6-4-5-7-12(11)19-14(15)17/h4-7H,2-3,8-10H2,1H3. The number of thiazole rings is 1. The summed E-state index contributed by atoms with van der Waals surface area (Å²) in [6.45, 7) is 2.70. The lowest BCUT2D eigenvalue weighted by Gasteiger charge is -2.05. The predicted octanol–water partition coefficient (Wildman–Crippen LogP) is 2.80. The summed E-state index contributed by atoms with van der Waals surface area (Å²) in [6.07, 6.45) is 2.28. The molecule has 4 nitrogen and oxygen atoms in total. The first-order chi connectivity index (χ1) is 9.22. The summed E-state index contributed by atoms with van der Waals surface area (Å²) in [5.41, 5.74) is 0.905. The summed E-state index contributed by atoms with van der Waals surface area (Å²) in [4.78, 5) is 23.2. The molecule has 0 aliphatic heterocycles. The molecule has 0 saturated heterocycles. The molecule has 0 aliphatic carbocycles. The van der Waals surface area contributed by atoms with Crippen molar-refractivity contribution in [2.45, 2.75) is 32.7 Å². The van der Waals surface area contributed by atoms with Gasteiger partial charge < -0.3 is 4.74 Å². The van der Waals surface area contributed by atoms with Crippen molar-refractivity contribution in [3.63, 3.8) is 0 Å². The fourth-order valence-corrected chi connectivity index (χ4v) is 2.79. The Morgan fingerprint density at radius 1 is 1.37 bits per heavy atom. The second-order valence-electron chi connectivity index (χ2n) is 4.31. The number of ether oxygens (including phenoxy) is 1. The second-order valence-corrected chi connectivity index (χ2v) is 5.30. The van der Waals surface area contributed by atoms with Crippen LogP contribution in [0.1, 0.15) is 26.2 Å². The maximum atomic E-state index is 11.8. The van der Waals surface area contributed by atoms with Crippen LogP contribution in [0.5, 0.6) is 0 Å². The van der Waals surface area contributed by atoms with Crippen LogP contribution in [-0.2, 0) is 16.1 Å². The average Bonchev–Trinajstić information content (AvgIpc) is 2.73. The van der Waals surface area contributed by atoms with Gasteiger partial charge in [-0.15, -0.1) is 0 Å². The number of rotatable bonds is 6. The van der Waals surface area contributed by atoms with Gasteiger partial charge >= 0.3 is 10.8 Å². The minimum absolute atomic E-state index is 0.00851. The Hall–Kier alpha value is -1.62. The molecule has 0 saturated carbocycles. The van der Waals surface area contributed by atoms with Gasteiger partial charge in [0.25, 0.3) is 0 Å². The smallest absolute Gasteiger partial charge is 0.308 e. The topological polar surface area (TPSA) is 48.3 Å². The molecule has 0 atom stereocenters. The van der Waals surface area contributed by atoms with Gasteiger partial charge in [0.05, 0.1) is 16.8 Å². The van der Waals surface area contributed by atoms with Crippen molar-refractivity contribution >= 4 is 27.5 Å². The van der Waals surface area contributed by atoms with Crippen molar-refractivity contribution in [3.05, 3.63) is 33.9 Å².